The minimum absolute atomic E-state index is 0.0150. The topological polar surface area (TPSA) is 108 Å². The van der Waals surface area contributed by atoms with Gasteiger partial charge in [0.05, 0.1) is 0 Å². The highest BCUT2D eigenvalue weighted by Crippen LogP contribution is 2.04. The van der Waals surface area contributed by atoms with Crippen LogP contribution in [0.25, 0.3) is 0 Å². The van der Waals surface area contributed by atoms with Gasteiger partial charge in [0.1, 0.15) is 5.82 Å². The van der Waals surface area contributed by atoms with Crippen LogP contribution in [-0.2, 0) is 0 Å². The van der Waals surface area contributed by atoms with Gasteiger partial charge in [-0.2, -0.15) is 4.98 Å². The molecule has 0 spiro atoms. The molecule has 0 radical (unpaired) electrons. The molecule has 0 fully saturated rings. The Bertz CT molecular complexity index is 303. The smallest absolute Gasteiger partial charge is 0.348 e. The van der Waals surface area contributed by atoms with E-state index in [0.29, 0.717) is 0 Å². The average molecular weight is 139 g/mol. The second-order valence-corrected chi connectivity index (χ2v) is 1.61. The molecule has 0 aliphatic heterocycles. The Morgan fingerprint density at radius 1 is 1.80 bits per heavy atom. The van der Waals surface area contributed by atoms with Gasteiger partial charge in [-0.15, -0.1) is 5.11 Å². The van der Waals surface area contributed by atoms with Crippen LogP contribution in [0.1, 0.15) is 0 Å². The highest BCUT2D eigenvalue weighted by atomic mass is 16.1. The van der Waals surface area contributed by atoms with Crippen molar-refractivity contribution in [3.05, 3.63) is 16.6 Å². The minimum atomic E-state index is -0.592. The number of nitrogens with two attached hydrogens (primary N) is 1. The number of aromatic nitrogens is 2. The van der Waals surface area contributed by atoms with Crippen LogP contribution < -0.4 is 11.4 Å². The fourth-order valence-corrected chi connectivity index (χ4v) is 0.520. The summed E-state index contributed by atoms with van der Waals surface area (Å²) in [5.41, 5.74) is 11.1. The first-order valence-corrected chi connectivity index (χ1v) is 2.46. The Morgan fingerprint density at radius 2 is 2.50 bits per heavy atom. The maximum absolute atomic E-state index is 10.5. The normalized spacial score (nSPS) is 9.20. The van der Waals surface area contributed by atoms with Crippen molar-refractivity contribution in [1.82, 2.24) is 9.97 Å². The van der Waals surface area contributed by atoms with Gasteiger partial charge in [0, 0.05) is 6.07 Å². The van der Waals surface area contributed by atoms with E-state index < -0.39 is 5.69 Å². The summed E-state index contributed by atoms with van der Waals surface area (Å²) >= 11 is 0. The third-order valence-electron chi connectivity index (χ3n) is 0.867. The number of aromatic amines is 1. The molecule has 1 heterocycles. The number of nitrogens with zero attached hydrogens (tertiary/aromatic N) is 2. The molecule has 10 heavy (non-hydrogen) atoms. The van der Waals surface area contributed by atoms with Gasteiger partial charge in [-0.1, -0.05) is 0 Å². The first-order valence-electron chi connectivity index (χ1n) is 2.46. The van der Waals surface area contributed by atoms with Gasteiger partial charge in [-0.3, -0.25) is 4.98 Å². The molecule has 0 saturated carbocycles. The van der Waals surface area contributed by atoms with Crippen LogP contribution in [-0.4, -0.2) is 9.97 Å². The van der Waals surface area contributed by atoms with E-state index in [1.54, 1.807) is 0 Å². The van der Waals surface area contributed by atoms with Gasteiger partial charge in [-0.25, -0.2) is 10.3 Å². The number of hydrogen-bond donors (Lipinski definition) is 3. The largest absolute Gasteiger partial charge is 0.385 e. The third-order valence-corrected chi connectivity index (χ3v) is 0.867. The standard InChI is InChI=1S/C4H5N5O/c5-2-1-3(9-6)8-4(10)7-2/h1,6H,(H3,5,7,8,10). The molecule has 0 atom stereocenters. The first kappa shape index (κ1) is 6.40. The molecular formula is C4H5N5O. The zero-order valence-corrected chi connectivity index (χ0v) is 4.96. The van der Waals surface area contributed by atoms with Crippen molar-refractivity contribution in [2.45, 2.75) is 0 Å². The third kappa shape index (κ3) is 1.16. The van der Waals surface area contributed by atoms with Crippen LogP contribution in [0.2, 0.25) is 0 Å². The molecule has 1 rings (SSSR count). The summed E-state index contributed by atoms with van der Waals surface area (Å²) in [5.74, 6) is 0.173. The van der Waals surface area contributed by atoms with E-state index in [1.807, 2.05) is 0 Å². The highest BCUT2D eigenvalue weighted by Gasteiger charge is 1.93. The van der Waals surface area contributed by atoms with Crippen LogP contribution in [0.3, 0.4) is 0 Å². The second kappa shape index (κ2) is 2.26. The van der Waals surface area contributed by atoms with E-state index in [1.165, 1.54) is 6.07 Å². The van der Waals surface area contributed by atoms with Crippen LogP contribution in [0.4, 0.5) is 11.6 Å². The monoisotopic (exact) mass is 139 g/mol. The molecule has 0 saturated heterocycles. The SMILES string of the molecule is N=Nc1cc(N)[nH]c(=O)n1. The van der Waals surface area contributed by atoms with Crippen molar-refractivity contribution in [2.24, 2.45) is 5.11 Å². The molecule has 6 heteroatoms. The van der Waals surface area contributed by atoms with Crippen molar-refractivity contribution in [3.8, 4) is 0 Å². The molecule has 1 aromatic heterocycles. The number of nitrogens with one attached hydrogen (secondary N) is 2. The number of anilines is 1. The fraction of sp³-hybridized carbons (Fsp3) is 0. The maximum Gasteiger partial charge on any atom is 0.348 e. The van der Waals surface area contributed by atoms with Crippen molar-refractivity contribution in [1.29, 1.82) is 5.53 Å². The van der Waals surface area contributed by atoms with Gasteiger partial charge >= 0.3 is 5.69 Å². The van der Waals surface area contributed by atoms with Crippen molar-refractivity contribution in [3.63, 3.8) is 0 Å². The van der Waals surface area contributed by atoms with Gasteiger partial charge in [0.15, 0.2) is 5.82 Å². The number of H-pyrrole nitrogens is 1. The Hall–Kier alpha value is -1.72. The van der Waals surface area contributed by atoms with Crippen LogP contribution in [0.5, 0.6) is 0 Å². The molecule has 0 aromatic carbocycles. The molecule has 0 amide bonds. The lowest BCUT2D eigenvalue weighted by atomic mass is 10.5. The van der Waals surface area contributed by atoms with Crippen molar-refractivity contribution in [2.75, 3.05) is 5.73 Å². The Balaban J connectivity index is 3.32. The van der Waals surface area contributed by atoms with Crippen molar-refractivity contribution < 1.29 is 0 Å². The summed E-state index contributed by atoms with van der Waals surface area (Å²) in [4.78, 5) is 16.0. The average Bonchev–Trinajstić information content (AvgIpc) is 1.85. The van der Waals surface area contributed by atoms with Crippen molar-refractivity contribution >= 4 is 11.6 Å². The highest BCUT2D eigenvalue weighted by molar-refractivity contribution is 5.37. The lowest BCUT2D eigenvalue weighted by Gasteiger charge is -1.90. The second-order valence-electron chi connectivity index (χ2n) is 1.61. The summed E-state index contributed by atoms with van der Waals surface area (Å²) in [6.07, 6.45) is 0. The molecule has 4 N–H and O–H groups in total. The molecular weight excluding hydrogens is 134 g/mol. The van der Waals surface area contributed by atoms with E-state index in [9.17, 15) is 4.79 Å². The molecule has 6 nitrogen and oxygen atoms in total. The lowest BCUT2D eigenvalue weighted by Crippen LogP contribution is -2.11. The zero-order chi connectivity index (χ0) is 7.56. The van der Waals surface area contributed by atoms with Gasteiger partial charge in [-0.05, 0) is 0 Å². The lowest BCUT2D eigenvalue weighted by molar-refractivity contribution is 1.02. The van der Waals surface area contributed by atoms with E-state index in [2.05, 4.69) is 15.1 Å². The number of rotatable bonds is 1. The zero-order valence-electron chi connectivity index (χ0n) is 4.96. The van der Waals surface area contributed by atoms with E-state index in [-0.39, 0.29) is 11.6 Å². The molecule has 1 aromatic rings. The van der Waals surface area contributed by atoms with Crippen LogP contribution in [0.15, 0.2) is 16.0 Å². The summed E-state index contributed by atoms with van der Waals surface area (Å²) in [7, 11) is 0. The van der Waals surface area contributed by atoms with Gasteiger partial charge in [0.2, 0.25) is 0 Å². The fourth-order valence-electron chi connectivity index (χ4n) is 0.520. The number of nitrogen functional groups attached to an aromatic ring is 1. The summed E-state index contributed by atoms with van der Waals surface area (Å²) < 4.78 is 0. The molecule has 0 bridgehead atoms. The predicted molar refractivity (Wildman–Crippen MR) is 34.1 cm³/mol. The Labute approximate surface area is 55.6 Å². The molecule has 0 aliphatic rings. The quantitative estimate of drug-likeness (QED) is 0.477. The van der Waals surface area contributed by atoms with E-state index >= 15 is 0 Å². The van der Waals surface area contributed by atoms with E-state index in [0.717, 1.165) is 0 Å². The summed E-state index contributed by atoms with van der Waals surface area (Å²) in [5, 5.41) is 2.93. The molecule has 0 unspecified atom stereocenters. The Morgan fingerprint density at radius 3 is 3.00 bits per heavy atom. The molecule has 52 valence electrons. The minimum Gasteiger partial charge on any atom is -0.385 e. The first-order chi connectivity index (χ1) is 4.72. The number of hydrogen-bond acceptors (Lipinski definition) is 5. The maximum atomic E-state index is 10.5. The predicted octanol–water partition coefficient (Wildman–Crippen LogP) is 0.0146. The van der Waals surface area contributed by atoms with Crippen LogP contribution in [0, 0.1) is 5.53 Å². The van der Waals surface area contributed by atoms with Crippen LogP contribution >= 0.6 is 0 Å². The summed E-state index contributed by atoms with van der Waals surface area (Å²) in [6, 6.07) is 1.30. The van der Waals surface area contributed by atoms with Gasteiger partial charge < -0.3 is 5.73 Å². The van der Waals surface area contributed by atoms with E-state index in [4.69, 9.17) is 11.3 Å². The Kier molecular flexibility index (Phi) is 1.44. The summed E-state index contributed by atoms with van der Waals surface area (Å²) in [6.45, 7) is 0. The molecule has 0 aliphatic carbocycles. The van der Waals surface area contributed by atoms with Gasteiger partial charge in [0.25, 0.3) is 0 Å².